The van der Waals surface area contributed by atoms with Crippen LogP contribution in [-0.4, -0.2) is 20.1 Å². The summed E-state index contributed by atoms with van der Waals surface area (Å²) in [5.41, 5.74) is 0. The van der Waals surface area contributed by atoms with E-state index in [9.17, 15) is 13.2 Å². The van der Waals surface area contributed by atoms with Gasteiger partial charge in [-0.2, -0.15) is 0 Å². The van der Waals surface area contributed by atoms with E-state index in [0.717, 1.165) is 6.08 Å². The Morgan fingerprint density at radius 3 is 2.46 bits per heavy atom. The van der Waals surface area contributed by atoms with E-state index in [-0.39, 0.29) is 5.75 Å². The summed E-state index contributed by atoms with van der Waals surface area (Å²) in [7, 11) is -3.46. The van der Waals surface area contributed by atoms with Crippen molar-refractivity contribution in [2.75, 3.05) is 5.75 Å². The highest BCUT2D eigenvalue weighted by Crippen LogP contribution is 2.01. The molecule has 0 aliphatic carbocycles. The third-order valence-electron chi connectivity index (χ3n) is 1.41. The third kappa shape index (κ3) is 6.33. The second-order valence-electron chi connectivity index (χ2n) is 3.17. The van der Waals surface area contributed by atoms with E-state index < -0.39 is 15.9 Å². The number of sulfonamides is 1. The Balaban J connectivity index is 4.10. The Morgan fingerprint density at radius 1 is 1.54 bits per heavy atom. The molecule has 0 aliphatic heterocycles. The monoisotopic (exact) mass is 205 g/mol. The summed E-state index contributed by atoms with van der Waals surface area (Å²) in [4.78, 5) is 10.7. The number of nitrogens with one attached hydrogen (secondary N) is 1. The normalized spacial score (nSPS) is 11.3. The molecule has 5 heteroatoms. The molecule has 1 amide bonds. The fourth-order valence-corrected chi connectivity index (χ4v) is 1.91. The zero-order chi connectivity index (χ0) is 10.5. The lowest BCUT2D eigenvalue weighted by Crippen LogP contribution is -2.31. The molecule has 76 valence electrons. The number of hydrogen-bond acceptors (Lipinski definition) is 3. The molecule has 0 aromatic carbocycles. The average Bonchev–Trinajstić information content (AvgIpc) is 2.00. The van der Waals surface area contributed by atoms with Gasteiger partial charge in [0, 0.05) is 0 Å². The number of amides is 1. The maximum absolute atomic E-state index is 11.1. The van der Waals surface area contributed by atoms with Gasteiger partial charge in [0.25, 0.3) is 5.91 Å². The molecule has 0 saturated carbocycles. The summed E-state index contributed by atoms with van der Waals surface area (Å²) in [5, 5.41) is 0. The zero-order valence-corrected chi connectivity index (χ0v) is 8.73. The second kappa shape index (κ2) is 5.01. The summed E-state index contributed by atoms with van der Waals surface area (Å²) in [5.74, 6) is -0.399. The van der Waals surface area contributed by atoms with Crippen LogP contribution in [0.25, 0.3) is 0 Å². The number of carbonyl (C=O) groups excluding carboxylic acids is 1. The van der Waals surface area contributed by atoms with Gasteiger partial charge in [-0.25, -0.2) is 13.1 Å². The quantitative estimate of drug-likeness (QED) is 0.671. The van der Waals surface area contributed by atoms with Crippen molar-refractivity contribution in [2.24, 2.45) is 5.92 Å². The summed E-state index contributed by atoms with van der Waals surface area (Å²) in [6, 6.07) is 0. The van der Waals surface area contributed by atoms with Crippen LogP contribution < -0.4 is 4.72 Å². The minimum atomic E-state index is -3.46. The molecular weight excluding hydrogens is 190 g/mol. The smallest absolute Gasteiger partial charge is 0.256 e. The second-order valence-corrected chi connectivity index (χ2v) is 5.01. The van der Waals surface area contributed by atoms with Crippen LogP contribution in [0.3, 0.4) is 0 Å². The van der Waals surface area contributed by atoms with Gasteiger partial charge in [-0.3, -0.25) is 4.79 Å². The molecule has 13 heavy (non-hydrogen) atoms. The summed E-state index contributed by atoms with van der Waals surface area (Å²) in [6.45, 7) is 7.01. The van der Waals surface area contributed by atoms with Crippen LogP contribution in [0, 0.1) is 5.92 Å². The zero-order valence-electron chi connectivity index (χ0n) is 7.91. The highest BCUT2D eigenvalue weighted by Gasteiger charge is 2.12. The van der Waals surface area contributed by atoms with Crippen LogP contribution in [0.1, 0.15) is 20.3 Å². The van der Waals surface area contributed by atoms with Crippen molar-refractivity contribution in [3.05, 3.63) is 12.7 Å². The van der Waals surface area contributed by atoms with E-state index in [1.165, 1.54) is 0 Å². The molecule has 0 aromatic rings. The Hall–Kier alpha value is -0.840. The molecule has 0 aromatic heterocycles. The van der Waals surface area contributed by atoms with Crippen molar-refractivity contribution in [3.8, 4) is 0 Å². The maximum Gasteiger partial charge on any atom is 0.256 e. The lowest BCUT2D eigenvalue weighted by molar-refractivity contribution is -0.114. The molecule has 0 rings (SSSR count). The standard InChI is InChI=1S/C8H15NO3S/c1-4-8(10)9-13(11,12)6-5-7(2)3/h4,7H,1,5-6H2,2-3H3,(H,9,10). The van der Waals surface area contributed by atoms with Gasteiger partial charge in [-0.1, -0.05) is 20.4 Å². The molecule has 4 nitrogen and oxygen atoms in total. The molecule has 0 aliphatic rings. The van der Waals surface area contributed by atoms with Crippen LogP contribution in [-0.2, 0) is 14.8 Å². The van der Waals surface area contributed by atoms with E-state index in [2.05, 4.69) is 6.58 Å². The first-order valence-corrected chi connectivity index (χ1v) is 5.69. The van der Waals surface area contributed by atoms with E-state index in [4.69, 9.17) is 0 Å². The Bertz CT molecular complexity index is 280. The molecule has 0 unspecified atom stereocenters. The molecule has 0 heterocycles. The Labute approximate surface area is 79.1 Å². The summed E-state index contributed by atoms with van der Waals surface area (Å²) < 4.78 is 24.1. The Kier molecular flexibility index (Phi) is 4.69. The van der Waals surface area contributed by atoms with E-state index >= 15 is 0 Å². The van der Waals surface area contributed by atoms with Crippen molar-refractivity contribution in [1.82, 2.24) is 4.72 Å². The number of rotatable bonds is 5. The number of carbonyl (C=O) groups is 1. The molecule has 0 fully saturated rings. The van der Waals surface area contributed by atoms with Crippen molar-refractivity contribution in [1.29, 1.82) is 0 Å². The van der Waals surface area contributed by atoms with Crippen LogP contribution in [0.2, 0.25) is 0 Å². The SMILES string of the molecule is C=CC(=O)NS(=O)(=O)CCC(C)C. The Morgan fingerprint density at radius 2 is 2.08 bits per heavy atom. The fourth-order valence-electron chi connectivity index (χ4n) is 0.637. The molecule has 1 N–H and O–H groups in total. The fraction of sp³-hybridized carbons (Fsp3) is 0.625. The third-order valence-corrected chi connectivity index (χ3v) is 2.69. The minimum Gasteiger partial charge on any atom is -0.269 e. The molecular formula is C8H15NO3S. The van der Waals surface area contributed by atoms with Crippen molar-refractivity contribution >= 4 is 15.9 Å². The van der Waals surface area contributed by atoms with E-state index in [1.807, 2.05) is 18.6 Å². The topological polar surface area (TPSA) is 63.2 Å². The van der Waals surface area contributed by atoms with Crippen molar-refractivity contribution < 1.29 is 13.2 Å². The summed E-state index contributed by atoms with van der Waals surface area (Å²) >= 11 is 0. The lowest BCUT2D eigenvalue weighted by Gasteiger charge is -2.06. The molecule has 0 saturated heterocycles. The first-order chi connectivity index (χ1) is 5.87. The number of hydrogen-bond donors (Lipinski definition) is 1. The molecule has 0 bridgehead atoms. The van der Waals surface area contributed by atoms with Crippen LogP contribution in [0.15, 0.2) is 12.7 Å². The van der Waals surface area contributed by atoms with E-state index in [1.54, 1.807) is 0 Å². The summed E-state index contributed by atoms with van der Waals surface area (Å²) in [6.07, 6.45) is 1.48. The van der Waals surface area contributed by atoms with Crippen LogP contribution >= 0.6 is 0 Å². The van der Waals surface area contributed by atoms with Crippen molar-refractivity contribution in [3.63, 3.8) is 0 Å². The van der Waals surface area contributed by atoms with Gasteiger partial charge in [0.1, 0.15) is 0 Å². The van der Waals surface area contributed by atoms with Crippen molar-refractivity contribution in [2.45, 2.75) is 20.3 Å². The first kappa shape index (κ1) is 12.2. The van der Waals surface area contributed by atoms with Crippen LogP contribution in [0.4, 0.5) is 0 Å². The molecule has 0 radical (unpaired) electrons. The van der Waals surface area contributed by atoms with Gasteiger partial charge in [-0.05, 0) is 18.4 Å². The van der Waals surface area contributed by atoms with Crippen LogP contribution in [0.5, 0.6) is 0 Å². The lowest BCUT2D eigenvalue weighted by atomic mass is 10.2. The van der Waals surface area contributed by atoms with Gasteiger partial charge >= 0.3 is 0 Å². The van der Waals surface area contributed by atoms with Gasteiger partial charge < -0.3 is 0 Å². The first-order valence-electron chi connectivity index (χ1n) is 4.04. The minimum absolute atomic E-state index is 0.0236. The van der Waals surface area contributed by atoms with Gasteiger partial charge in [0.05, 0.1) is 5.75 Å². The predicted molar refractivity (Wildman–Crippen MR) is 51.6 cm³/mol. The maximum atomic E-state index is 11.1. The van der Waals surface area contributed by atoms with Gasteiger partial charge in [-0.15, -0.1) is 0 Å². The van der Waals surface area contributed by atoms with E-state index in [0.29, 0.717) is 12.3 Å². The average molecular weight is 205 g/mol. The largest absolute Gasteiger partial charge is 0.269 e. The van der Waals surface area contributed by atoms with Gasteiger partial charge in [0.15, 0.2) is 0 Å². The highest BCUT2D eigenvalue weighted by atomic mass is 32.2. The predicted octanol–water partition coefficient (Wildman–Crippen LogP) is 0.664. The highest BCUT2D eigenvalue weighted by molar-refractivity contribution is 7.90. The molecule has 0 atom stereocenters. The van der Waals surface area contributed by atoms with Gasteiger partial charge in [0.2, 0.25) is 10.0 Å². The molecule has 0 spiro atoms.